The number of hydrogen-bond donors (Lipinski definition) is 0. The summed E-state index contributed by atoms with van der Waals surface area (Å²) in [6, 6.07) is 0. The Morgan fingerprint density at radius 2 is 2.07 bits per heavy atom. The van der Waals surface area contributed by atoms with Gasteiger partial charge in [-0.05, 0) is 19.8 Å². The van der Waals surface area contributed by atoms with E-state index >= 15 is 0 Å². The van der Waals surface area contributed by atoms with Gasteiger partial charge in [-0.3, -0.25) is 0 Å². The van der Waals surface area contributed by atoms with Crippen LogP contribution in [0.5, 0.6) is 0 Å². The van der Waals surface area contributed by atoms with Crippen LogP contribution in [0.1, 0.15) is 19.8 Å². The predicted octanol–water partition coefficient (Wildman–Crippen LogP) is 1.55. The van der Waals surface area contributed by atoms with Crippen molar-refractivity contribution in [3.8, 4) is 0 Å². The molecule has 0 aromatic heterocycles. The molecule has 0 aliphatic heterocycles. The molecule has 4 nitrogen and oxygen atoms in total. The maximum absolute atomic E-state index is 10.6. The fraction of sp³-hybridized carbons (Fsp3) is 0.727. The number of rotatable bonds is 9. The van der Waals surface area contributed by atoms with Crippen molar-refractivity contribution < 1.29 is 19.0 Å². The zero-order chi connectivity index (χ0) is 11.5. The second-order valence-electron chi connectivity index (χ2n) is 3.22. The normalized spacial score (nSPS) is 12.1. The summed E-state index contributed by atoms with van der Waals surface area (Å²) in [6.07, 6.45) is 2.96. The second-order valence-corrected chi connectivity index (χ2v) is 3.22. The minimum Gasteiger partial charge on any atom is -0.463 e. The summed E-state index contributed by atoms with van der Waals surface area (Å²) in [5, 5.41) is 0. The maximum Gasteiger partial charge on any atom is 0.330 e. The van der Waals surface area contributed by atoms with E-state index in [0.717, 1.165) is 18.9 Å². The number of esters is 1. The van der Waals surface area contributed by atoms with E-state index < -0.39 is 0 Å². The van der Waals surface area contributed by atoms with Crippen LogP contribution in [-0.2, 0) is 19.0 Å². The number of unbranched alkanes of at least 4 members (excludes halogenated alkanes) is 1. The maximum atomic E-state index is 10.6. The van der Waals surface area contributed by atoms with E-state index in [2.05, 4.69) is 6.58 Å². The first-order valence-corrected chi connectivity index (χ1v) is 5.10. The van der Waals surface area contributed by atoms with Gasteiger partial charge < -0.3 is 14.2 Å². The molecule has 0 aliphatic carbocycles. The van der Waals surface area contributed by atoms with E-state index in [4.69, 9.17) is 14.2 Å². The van der Waals surface area contributed by atoms with Gasteiger partial charge in [-0.25, -0.2) is 4.79 Å². The molecule has 0 saturated carbocycles. The highest BCUT2D eigenvalue weighted by atomic mass is 16.5. The molecule has 1 atom stereocenters. The third-order valence-electron chi connectivity index (χ3n) is 1.75. The number of carbonyl (C=O) groups excluding carboxylic acids is 1. The van der Waals surface area contributed by atoms with Crippen molar-refractivity contribution in [3.63, 3.8) is 0 Å². The SMILES string of the molecule is C=CC(=O)OCCCCOC(C)COC. The zero-order valence-corrected chi connectivity index (χ0v) is 9.53. The quantitative estimate of drug-likeness (QED) is 0.333. The van der Waals surface area contributed by atoms with Crippen molar-refractivity contribution in [1.29, 1.82) is 0 Å². The standard InChI is InChI=1S/C11H20O4/c1-4-11(12)15-8-6-5-7-14-10(2)9-13-3/h4,10H,1,5-9H2,2-3H3. The highest BCUT2D eigenvalue weighted by Crippen LogP contribution is 1.96. The molecule has 0 aromatic rings. The molecule has 1 unspecified atom stereocenters. The molecule has 0 fully saturated rings. The molecule has 0 aliphatic rings. The first-order chi connectivity index (χ1) is 7.20. The zero-order valence-electron chi connectivity index (χ0n) is 9.53. The fourth-order valence-corrected chi connectivity index (χ4v) is 1.00. The summed E-state index contributed by atoms with van der Waals surface area (Å²) in [5.41, 5.74) is 0. The van der Waals surface area contributed by atoms with Crippen LogP contribution < -0.4 is 0 Å². The van der Waals surface area contributed by atoms with Crippen molar-refractivity contribution in [2.75, 3.05) is 26.9 Å². The summed E-state index contributed by atoms with van der Waals surface area (Å²) >= 11 is 0. The first kappa shape index (κ1) is 14.1. The van der Waals surface area contributed by atoms with Crippen LogP contribution >= 0.6 is 0 Å². The van der Waals surface area contributed by atoms with Gasteiger partial charge >= 0.3 is 5.97 Å². The smallest absolute Gasteiger partial charge is 0.330 e. The molecule has 0 aromatic carbocycles. The predicted molar refractivity (Wildman–Crippen MR) is 57.7 cm³/mol. The number of hydrogen-bond acceptors (Lipinski definition) is 4. The lowest BCUT2D eigenvalue weighted by molar-refractivity contribution is -0.137. The van der Waals surface area contributed by atoms with Crippen LogP contribution in [0.2, 0.25) is 0 Å². The van der Waals surface area contributed by atoms with Gasteiger partial charge in [0.05, 0.1) is 19.3 Å². The lowest BCUT2D eigenvalue weighted by Crippen LogP contribution is -2.15. The number of methoxy groups -OCH3 is 1. The Bertz CT molecular complexity index is 179. The van der Waals surface area contributed by atoms with Crippen molar-refractivity contribution >= 4 is 5.97 Å². The molecule has 0 N–H and O–H groups in total. The molecule has 88 valence electrons. The topological polar surface area (TPSA) is 44.8 Å². The Labute approximate surface area is 91.2 Å². The van der Waals surface area contributed by atoms with E-state index in [1.54, 1.807) is 7.11 Å². The van der Waals surface area contributed by atoms with Crippen LogP contribution in [0, 0.1) is 0 Å². The molecule has 0 amide bonds. The molecule has 0 spiro atoms. The average Bonchev–Trinajstić information content (AvgIpc) is 2.23. The Balaban J connectivity index is 3.17. The van der Waals surface area contributed by atoms with E-state index in [0.29, 0.717) is 19.8 Å². The third-order valence-corrected chi connectivity index (χ3v) is 1.75. The Kier molecular flexibility index (Phi) is 9.11. The Morgan fingerprint density at radius 3 is 2.67 bits per heavy atom. The molecule has 0 heterocycles. The van der Waals surface area contributed by atoms with Crippen LogP contribution in [0.3, 0.4) is 0 Å². The number of ether oxygens (including phenoxy) is 3. The summed E-state index contributed by atoms with van der Waals surface area (Å²) < 4.78 is 15.2. The molecular formula is C11H20O4. The summed E-state index contributed by atoms with van der Waals surface area (Å²) in [6.45, 7) is 6.95. The number of carbonyl (C=O) groups is 1. The van der Waals surface area contributed by atoms with Gasteiger partial charge in [-0.1, -0.05) is 6.58 Å². The van der Waals surface area contributed by atoms with Crippen molar-refractivity contribution in [2.24, 2.45) is 0 Å². The van der Waals surface area contributed by atoms with E-state index in [1.807, 2.05) is 6.92 Å². The van der Waals surface area contributed by atoms with Gasteiger partial charge in [0.2, 0.25) is 0 Å². The average molecular weight is 216 g/mol. The lowest BCUT2D eigenvalue weighted by Gasteiger charge is -2.11. The van der Waals surface area contributed by atoms with Crippen molar-refractivity contribution in [1.82, 2.24) is 0 Å². The van der Waals surface area contributed by atoms with Gasteiger partial charge in [-0.15, -0.1) is 0 Å². The summed E-state index contributed by atoms with van der Waals surface area (Å²) in [4.78, 5) is 10.6. The summed E-state index contributed by atoms with van der Waals surface area (Å²) in [5.74, 6) is -0.372. The highest BCUT2D eigenvalue weighted by molar-refractivity contribution is 5.81. The fourth-order valence-electron chi connectivity index (χ4n) is 1.00. The van der Waals surface area contributed by atoms with Gasteiger partial charge in [-0.2, -0.15) is 0 Å². The highest BCUT2D eigenvalue weighted by Gasteiger charge is 2.00. The minimum absolute atomic E-state index is 0.116. The lowest BCUT2D eigenvalue weighted by atomic mass is 10.3. The van der Waals surface area contributed by atoms with Crippen molar-refractivity contribution in [2.45, 2.75) is 25.9 Å². The van der Waals surface area contributed by atoms with Crippen molar-refractivity contribution in [3.05, 3.63) is 12.7 Å². The first-order valence-electron chi connectivity index (χ1n) is 5.10. The van der Waals surface area contributed by atoms with E-state index in [9.17, 15) is 4.79 Å². The monoisotopic (exact) mass is 216 g/mol. The molecule has 0 radical (unpaired) electrons. The van der Waals surface area contributed by atoms with Gasteiger partial charge in [0, 0.05) is 19.8 Å². The van der Waals surface area contributed by atoms with Crippen LogP contribution in [0.4, 0.5) is 0 Å². The second kappa shape index (κ2) is 9.68. The third kappa shape index (κ3) is 9.43. The van der Waals surface area contributed by atoms with Crippen LogP contribution in [0.15, 0.2) is 12.7 Å². The largest absolute Gasteiger partial charge is 0.463 e. The van der Waals surface area contributed by atoms with Crippen LogP contribution in [-0.4, -0.2) is 39.0 Å². The Hall–Kier alpha value is -0.870. The molecule has 0 bridgehead atoms. The molecule has 0 rings (SSSR count). The van der Waals surface area contributed by atoms with E-state index in [1.165, 1.54) is 0 Å². The minimum atomic E-state index is -0.372. The van der Waals surface area contributed by atoms with Gasteiger partial charge in [0.15, 0.2) is 0 Å². The molecule has 0 saturated heterocycles. The van der Waals surface area contributed by atoms with E-state index in [-0.39, 0.29) is 12.1 Å². The molecule has 4 heteroatoms. The van der Waals surface area contributed by atoms with Gasteiger partial charge in [0.25, 0.3) is 0 Å². The molecular weight excluding hydrogens is 196 g/mol. The summed E-state index contributed by atoms with van der Waals surface area (Å²) in [7, 11) is 1.65. The van der Waals surface area contributed by atoms with Gasteiger partial charge in [0.1, 0.15) is 0 Å². The Morgan fingerprint density at radius 1 is 1.40 bits per heavy atom. The van der Waals surface area contributed by atoms with Crippen LogP contribution in [0.25, 0.3) is 0 Å². The molecule has 15 heavy (non-hydrogen) atoms.